The van der Waals surface area contributed by atoms with Gasteiger partial charge in [-0.15, -0.1) is 0 Å². The van der Waals surface area contributed by atoms with E-state index in [4.69, 9.17) is 4.74 Å². The van der Waals surface area contributed by atoms with E-state index < -0.39 is 5.82 Å². The highest BCUT2D eigenvalue weighted by molar-refractivity contribution is 6.01. The van der Waals surface area contributed by atoms with Crippen molar-refractivity contribution in [1.29, 1.82) is 0 Å². The van der Waals surface area contributed by atoms with E-state index in [2.05, 4.69) is 15.3 Å². The first-order valence-corrected chi connectivity index (χ1v) is 8.08. The van der Waals surface area contributed by atoms with Crippen molar-refractivity contribution in [2.75, 3.05) is 19.0 Å². The van der Waals surface area contributed by atoms with Crippen LogP contribution in [-0.4, -0.2) is 34.0 Å². The lowest BCUT2D eigenvalue weighted by molar-refractivity contribution is 0.100. The standard InChI is InChI=1S/C19H17FN4O3/c1-24-18(26)10-15(12-5-7-21-8-6-12)23-19(24)22-11-16(25)14-4-3-13(20)9-17(14)27-2/h3-10H,11H2,1-2H3,(H,22,23). The zero-order valence-electron chi connectivity index (χ0n) is 14.8. The molecule has 0 fully saturated rings. The fourth-order valence-corrected chi connectivity index (χ4v) is 2.52. The molecule has 0 atom stereocenters. The number of nitrogens with zero attached hydrogens (tertiary/aromatic N) is 3. The number of pyridine rings is 1. The normalized spacial score (nSPS) is 10.5. The summed E-state index contributed by atoms with van der Waals surface area (Å²) in [7, 11) is 2.92. The zero-order valence-corrected chi connectivity index (χ0v) is 14.8. The number of halogens is 1. The molecule has 3 aromatic rings. The summed E-state index contributed by atoms with van der Waals surface area (Å²) in [6.45, 7) is -0.137. The molecule has 2 aromatic heterocycles. The molecule has 0 aliphatic rings. The molecule has 0 saturated heterocycles. The maximum absolute atomic E-state index is 13.3. The number of Topliss-reactive ketones (excluding diaryl/α,β-unsaturated/α-hetero) is 1. The molecule has 2 heterocycles. The minimum Gasteiger partial charge on any atom is -0.496 e. The third-order valence-electron chi connectivity index (χ3n) is 3.98. The Balaban J connectivity index is 1.85. The molecule has 0 spiro atoms. The van der Waals surface area contributed by atoms with Crippen molar-refractivity contribution >= 4 is 11.7 Å². The summed E-state index contributed by atoms with van der Waals surface area (Å²) < 4.78 is 19.7. The smallest absolute Gasteiger partial charge is 0.255 e. The number of hydrogen-bond donors (Lipinski definition) is 1. The SMILES string of the molecule is COc1cc(F)ccc1C(=O)CNc1nc(-c2ccncc2)cc(=O)n1C. The van der Waals surface area contributed by atoms with E-state index in [0.717, 1.165) is 11.6 Å². The summed E-state index contributed by atoms with van der Waals surface area (Å²) in [5.74, 6) is -0.432. The summed E-state index contributed by atoms with van der Waals surface area (Å²) in [5, 5.41) is 2.87. The van der Waals surface area contributed by atoms with E-state index in [1.54, 1.807) is 31.6 Å². The van der Waals surface area contributed by atoms with Gasteiger partial charge in [0.2, 0.25) is 5.95 Å². The largest absolute Gasteiger partial charge is 0.496 e. The lowest BCUT2D eigenvalue weighted by atomic mass is 10.1. The fourth-order valence-electron chi connectivity index (χ4n) is 2.52. The lowest BCUT2D eigenvalue weighted by Crippen LogP contribution is -2.24. The van der Waals surface area contributed by atoms with Crippen molar-refractivity contribution in [3.63, 3.8) is 0 Å². The fraction of sp³-hybridized carbons (Fsp3) is 0.158. The van der Waals surface area contributed by atoms with Crippen LogP contribution in [0.1, 0.15) is 10.4 Å². The molecule has 0 aliphatic heterocycles. The van der Waals surface area contributed by atoms with Gasteiger partial charge in [0.15, 0.2) is 5.78 Å². The zero-order chi connectivity index (χ0) is 19.4. The number of carbonyl (C=O) groups is 1. The number of anilines is 1. The van der Waals surface area contributed by atoms with Crippen LogP contribution in [-0.2, 0) is 7.05 Å². The van der Waals surface area contributed by atoms with Crippen LogP contribution in [0.5, 0.6) is 5.75 Å². The minimum absolute atomic E-state index is 0.137. The molecule has 3 rings (SSSR count). The van der Waals surface area contributed by atoms with Crippen LogP contribution in [0.25, 0.3) is 11.3 Å². The van der Waals surface area contributed by atoms with Crippen LogP contribution < -0.4 is 15.6 Å². The lowest BCUT2D eigenvalue weighted by Gasteiger charge is -2.12. The number of carbonyl (C=O) groups excluding carboxylic acids is 1. The Morgan fingerprint density at radius 1 is 1.22 bits per heavy atom. The van der Waals surface area contributed by atoms with Gasteiger partial charge < -0.3 is 10.1 Å². The van der Waals surface area contributed by atoms with Crippen molar-refractivity contribution in [2.24, 2.45) is 7.05 Å². The molecule has 7 nitrogen and oxygen atoms in total. The molecule has 27 heavy (non-hydrogen) atoms. The molecule has 0 bridgehead atoms. The minimum atomic E-state index is -0.495. The first kappa shape index (κ1) is 18.2. The van der Waals surface area contributed by atoms with E-state index in [0.29, 0.717) is 5.69 Å². The Morgan fingerprint density at radius 2 is 1.96 bits per heavy atom. The highest BCUT2D eigenvalue weighted by Gasteiger charge is 2.14. The number of hydrogen-bond acceptors (Lipinski definition) is 6. The maximum atomic E-state index is 13.3. The molecular weight excluding hydrogens is 351 g/mol. The topological polar surface area (TPSA) is 86.1 Å². The van der Waals surface area contributed by atoms with Crippen molar-refractivity contribution in [3.05, 3.63) is 70.5 Å². The van der Waals surface area contributed by atoms with Crippen LogP contribution in [0.4, 0.5) is 10.3 Å². The Morgan fingerprint density at radius 3 is 2.67 bits per heavy atom. The molecular formula is C19H17FN4O3. The van der Waals surface area contributed by atoms with Gasteiger partial charge in [-0.05, 0) is 24.3 Å². The van der Waals surface area contributed by atoms with Crippen molar-refractivity contribution in [3.8, 4) is 17.0 Å². The molecule has 0 saturated carbocycles. The quantitative estimate of drug-likeness (QED) is 0.672. The van der Waals surface area contributed by atoms with Crippen LogP contribution in [0, 0.1) is 5.82 Å². The molecule has 1 N–H and O–H groups in total. The van der Waals surface area contributed by atoms with Gasteiger partial charge in [-0.2, -0.15) is 0 Å². The predicted molar refractivity (Wildman–Crippen MR) is 98.5 cm³/mol. The van der Waals surface area contributed by atoms with Crippen LogP contribution in [0.3, 0.4) is 0 Å². The Kier molecular flexibility index (Phi) is 5.25. The number of aromatic nitrogens is 3. The van der Waals surface area contributed by atoms with Gasteiger partial charge in [-0.3, -0.25) is 19.1 Å². The number of benzene rings is 1. The van der Waals surface area contributed by atoms with Crippen molar-refractivity contribution < 1.29 is 13.9 Å². The third kappa shape index (κ3) is 4.00. The summed E-state index contributed by atoms with van der Waals surface area (Å²) in [6.07, 6.45) is 3.21. The summed E-state index contributed by atoms with van der Waals surface area (Å²) in [6, 6.07) is 8.57. The predicted octanol–water partition coefficient (Wildman–Crippen LogP) is 2.28. The molecule has 0 unspecified atom stereocenters. The average Bonchev–Trinajstić information content (AvgIpc) is 2.69. The molecule has 8 heteroatoms. The molecule has 0 aliphatic carbocycles. The van der Waals surface area contributed by atoms with E-state index in [-0.39, 0.29) is 35.1 Å². The molecule has 138 valence electrons. The highest BCUT2D eigenvalue weighted by Crippen LogP contribution is 2.20. The summed E-state index contributed by atoms with van der Waals surface area (Å²) >= 11 is 0. The van der Waals surface area contributed by atoms with Gasteiger partial charge in [0.25, 0.3) is 5.56 Å². The Labute approximate surface area is 154 Å². The Hall–Kier alpha value is -3.55. The molecule has 1 aromatic carbocycles. The van der Waals surface area contributed by atoms with E-state index in [1.165, 1.54) is 29.9 Å². The number of ether oxygens (including phenoxy) is 1. The number of rotatable bonds is 6. The first-order valence-electron chi connectivity index (χ1n) is 8.08. The van der Waals surface area contributed by atoms with Crippen molar-refractivity contribution in [1.82, 2.24) is 14.5 Å². The summed E-state index contributed by atoms with van der Waals surface area (Å²) in [4.78, 5) is 33.0. The van der Waals surface area contributed by atoms with Gasteiger partial charge in [0, 0.05) is 37.1 Å². The summed E-state index contributed by atoms with van der Waals surface area (Å²) in [5.41, 5.74) is 1.17. The third-order valence-corrected chi connectivity index (χ3v) is 3.98. The van der Waals surface area contributed by atoms with Gasteiger partial charge in [-0.25, -0.2) is 9.37 Å². The van der Waals surface area contributed by atoms with Crippen LogP contribution >= 0.6 is 0 Å². The van der Waals surface area contributed by atoms with E-state index in [1.807, 2.05) is 0 Å². The van der Waals surface area contributed by atoms with Gasteiger partial charge >= 0.3 is 0 Å². The highest BCUT2D eigenvalue weighted by atomic mass is 19.1. The second-order valence-corrected chi connectivity index (χ2v) is 5.72. The molecule has 0 radical (unpaired) electrons. The monoisotopic (exact) mass is 368 g/mol. The Bertz CT molecular complexity index is 1030. The van der Waals surface area contributed by atoms with Gasteiger partial charge in [0.05, 0.1) is 24.9 Å². The van der Waals surface area contributed by atoms with Crippen LogP contribution in [0.15, 0.2) is 53.6 Å². The average molecular weight is 368 g/mol. The van der Waals surface area contributed by atoms with Gasteiger partial charge in [0.1, 0.15) is 11.6 Å². The van der Waals surface area contributed by atoms with E-state index in [9.17, 15) is 14.0 Å². The second kappa shape index (κ2) is 7.77. The number of methoxy groups -OCH3 is 1. The number of ketones is 1. The number of nitrogens with one attached hydrogen (secondary N) is 1. The van der Waals surface area contributed by atoms with Crippen molar-refractivity contribution in [2.45, 2.75) is 0 Å². The van der Waals surface area contributed by atoms with Crippen LogP contribution in [0.2, 0.25) is 0 Å². The first-order chi connectivity index (χ1) is 13.0. The van der Waals surface area contributed by atoms with Gasteiger partial charge in [-0.1, -0.05) is 0 Å². The van der Waals surface area contributed by atoms with E-state index >= 15 is 0 Å². The maximum Gasteiger partial charge on any atom is 0.255 e. The molecule has 0 amide bonds. The second-order valence-electron chi connectivity index (χ2n) is 5.72.